The van der Waals surface area contributed by atoms with Crippen LogP contribution in [0.5, 0.6) is 0 Å². The van der Waals surface area contributed by atoms with E-state index in [1.54, 1.807) is 0 Å². The van der Waals surface area contributed by atoms with Gasteiger partial charge in [-0.25, -0.2) is 4.98 Å². The standard InChI is InChI=1S/C33H20N4O/c1-3-11-21(12-4-1)31-34-32(22-13-5-2-6-14-22)36-33(35-31)37-27-17-9-7-15-23(27)25-19-20-26-24-16-8-10-18-28(24)38-30(26)29(25)37/h1-20H. The van der Waals surface area contributed by atoms with Crippen LogP contribution in [0.3, 0.4) is 0 Å². The molecule has 0 saturated carbocycles. The van der Waals surface area contributed by atoms with Gasteiger partial charge in [0.05, 0.1) is 5.52 Å². The van der Waals surface area contributed by atoms with Crippen molar-refractivity contribution in [1.29, 1.82) is 0 Å². The van der Waals surface area contributed by atoms with Gasteiger partial charge in [0.25, 0.3) is 0 Å². The number of benzene rings is 5. The second-order valence-corrected chi connectivity index (χ2v) is 9.30. The van der Waals surface area contributed by atoms with Crippen molar-refractivity contribution in [2.24, 2.45) is 0 Å². The second kappa shape index (κ2) is 8.11. The number of furan rings is 1. The Bertz CT molecular complexity index is 2070. The molecule has 0 spiro atoms. The molecule has 5 nitrogen and oxygen atoms in total. The maximum atomic E-state index is 6.50. The quantitative estimate of drug-likeness (QED) is 0.251. The number of nitrogens with zero attached hydrogens (tertiary/aromatic N) is 4. The van der Waals surface area contributed by atoms with Crippen molar-refractivity contribution < 1.29 is 4.42 Å². The Morgan fingerprint density at radius 2 is 1.05 bits per heavy atom. The van der Waals surface area contributed by atoms with Crippen LogP contribution in [0.15, 0.2) is 126 Å². The Labute approximate surface area is 217 Å². The maximum Gasteiger partial charge on any atom is 0.238 e. The first-order valence-electron chi connectivity index (χ1n) is 12.6. The van der Waals surface area contributed by atoms with Crippen LogP contribution in [-0.4, -0.2) is 19.5 Å². The summed E-state index contributed by atoms with van der Waals surface area (Å²) in [7, 11) is 0. The topological polar surface area (TPSA) is 56.7 Å². The van der Waals surface area contributed by atoms with E-state index >= 15 is 0 Å². The summed E-state index contributed by atoms with van der Waals surface area (Å²) in [5, 5.41) is 4.37. The highest BCUT2D eigenvalue weighted by Gasteiger charge is 2.21. The van der Waals surface area contributed by atoms with E-state index < -0.39 is 0 Å². The first-order valence-corrected chi connectivity index (χ1v) is 12.6. The van der Waals surface area contributed by atoms with E-state index in [2.05, 4.69) is 41.0 Å². The molecule has 178 valence electrons. The molecule has 8 aromatic rings. The Hall–Kier alpha value is -5.29. The zero-order chi connectivity index (χ0) is 25.1. The fraction of sp³-hybridized carbons (Fsp3) is 0. The molecule has 0 aliphatic heterocycles. The molecule has 0 unspecified atom stereocenters. The van der Waals surface area contributed by atoms with E-state index in [1.165, 1.54) is 0 Å². The molecule has 0 amide bonds. The van der Waals surface area contributed by atoms with Gasteiger partial charge in [0, 0.05) is 32.7 Å². The average molecular weight is 489 g/mol. The lowest BCUT2D eigenvalue weighted by Crippen LogP contribution is -2.06. The van der Waals surface area contributed by atoms with E-state index in [0.717, 1.165) is 54.9 Å². The minimum absolute atomic E-state index is 0.553. The van der Waals surface area contributed by atoms with E-state index in [1.807, 2.05) is 84.9 Å². The SMILES string of the molecule is c1ccc(-c2nc(-c3ccccc3)nc(-n3c4ccccc4c4ccc5c6ccccc6oc5c43)n2)cc1. The molecule has 0 aliphatic carbocycles. The lowest BCUT2D eigenvalue weighted by atomic mass is 10.1. The molecule has 0 N–H and O–H groups in total. The number of hydrogen-bond donors (Lipinski definition) is 0. The van der Waals surface area contributed by atoms with Crippen LogP contribution in [-0.2, 0) is 0 Å². The van der Waals surface area contributed by atoms with Gasteiger partial charge in [-0.15, -0.1) is 0 Å². The predicted molar refractivity (Wildman–Crippen MR) is 152 cm³/mol. The third kappa shape index (κ3) is 3.09. The molecule has 3 heterocycles. The zero-order valence-electron chi connectivity index (χ0n) is 20.2. The Balaban J connectivity index is 1.53. The Kier molecular flexibility index (Phi) is 4.45. The molecule has 5 heteroatoms. The zero-order valence-corrected chi connectivity index (χ0v) is 20.2. The monoisotopic (exact) mass is 488 g/mol. The highest BCUT2D eigenvalue weighted by molar-refractivity contribution is 6.21. The summed E-state index contributed by atoms with van der Waals surface area (Å²) < 4.78 is 8.62. The molecule has 38 heavy (non-hydrogen) atoms. The lowest BCUT2D eigenvalue weighted by Gasteiger charge is -2.11. The third-order valence-corrected chi connectivity index (χ3v) is 7.07. The Morgan fingerprint density at radius 3 is 1.76 bits per heavy atom. The highest BCUT2D eigenvalue weighted by Crippen LogP contribution is 2.39. The van der Waals surface area contributed by atoms with Crippen LogP contribution in [0, 0.1) is 0 Å². The third-order valence-electron chi connectivity index (χ3n) is 7.07. The van der Waals surface area contributed by atoms with E-state index in [9.17, 15) is 0 Å². The van der Waals surface area contributed by atoms with Crippen molar-refractivity contribution in [3.63, 3.8) is 0 Å². The summed E-state index contributed by atoms with van der Waals surface area (Å²) in [6.45, 7) is 0. The Morgan fingerprint density at radius 1 is 0.474 bits per heavy atom. The smallest absolute Gasteiger partial charge is 0.238 e. The van der Waals surface area contributed by atoms with Crippen LogP contribution >= 0.6 is 0 Å². The normalized spacial score (nSPS) is 11.7. The molecule has 0 atom stereocenters. The van der Waals surface area contributed by atoms with E-state index in [-0.39, 0.29) is 0 Å². The van der Waals surface area contributed by atoms with Crippen LogP contribution in [0.25, 0.3) is 72.5 Å². The molecule has 0 aliphatic rings. The van der Waals surface area contributed by atoms with Crippen molar-refractivity contribution in [3.8, 4) is 28.7 Å². The van der Waals surface area contributed by atoms with Crippen molar-refractivity contribution in [1.82, 2.24) is 19.5 Å². The van der Waals surface area contributed by atoms with Crippen molar-refractivity contribution >= 4 is 43.7 Å². The van der Waals surface area contributed by atoms with Crippen LogP contribution in [0.1, 0.15) is 0 Å². The largest absolute Gasteiger partial charge is 0.454 e. The molecule has 5 aromatic carbocycles. The van der Waals surface area contributed by atoms with Gasteiger partial charge in [0.1, 0.15) is 11.1 Å². The summed E-state index contributed by atoms with van der Waals surface area (Å²) in [5.74, 6) is 1.80. The molecule has 0 radical (unpaired) electrons. The number of fused-ring (bicyclic) bond motifs is 7. The first-order chi connectivity index (χ1) is 18.8. The highest BCUT2D eigenvalue weighted by atomic mass is 16.3. The molecule has 0 bridgehead atoms. The van der Waals surface area contributed by atoms with Crippen LogP contribution in [0.2, 0.25) is 0 Å². The van der Waals surface area contributed by atoms with E-state index in [4.69, 9.17) is 19.4 Å². The van der Waals surface area contributed by atoms with Crippen LogP contribution in [0.4, 0.5) is 0 Å². The van der Waals surface area contributed by atoms with Crippen LogP contribution < -0.4 is 0 Å². The van der Waals surface area contributed by atoms with Gasteiger partial charge < -0.3 is 4.42 Å². The van der Waals surface area contributed by atoms with Gasteiger partial charge in [-0.2, -0.15) is 9.97 Å². The van der Waals surface area contributed by atoms with Crippen molar-refractivity contribution in [2.75, 3.05) is 0 Å². The molecule has 3 aromatic heterocycles. The maximum absolute atomic E-state index is 6.50. The fourth-order valence-corrected chi connectivity index (χ4v) is 5.34. The van der Waals surface area contributed by atoms with Crippen molar-refractivity contribution in [3.05, 3.63) is 121 Å². The minimum atomic E-state index is 0.553. The number of aromatic nitrogens is 4. The fourth-order valence-electron chi connectivity index (χ4n) is 5.34. The van der Waals surface area contributed by atoms with Gasteiger partial charge >= 0.3 is 0 Å². The number of hydrogen-bond acceptors (Lipinski definition) is 4. The van der Waals surface area contributed by atoms with Gasteiger partial charge in [0.15, 0.2) is 17.2 Å². The molecule has 8 rings (SSSR count). The first kappa shape index (κ1) is 20.9. The predicted octanol–water partition coefficient (Wildman–Crippen LogP) is 8.20. The molecule has 0 fully saturated rings. The summed E-state index contributed by atoms with van der Waals surface area (Å²) in [4.78, 5) is 14.9. The lowest BCUT2D eigenvalue weighted by molar-refractivity contribution is 0.670. The van der Waals surface area contributed by atoms with Gasteiger partial charge in [-0.3, -0.25) is 4.57 Å². The summed E-state index contributed by atoms with van der Waals surface area (Å²) in [5.41, 5.74) is 5.51. The molecule has 0 saturated heterocycles. The van der Waals surface area contributed by atoms with Gasteiger partial charge in [-0.05, 0) is 18.2 Å². The molecular formula is C33H20N4O. The minimum Gasteiger partial charge on any atom is -0.454 e. The van der Waals surface area contributed by atoms with Gasteiger partial charge in [0.2, 0.25) is 5.95 Å². The second-order valence-electron chi connectivity index (χ2n) is 9.30. The number of para-hydroxylation sites is 2. The summed E-state index contributed by atoms with van der Waals surface area (Å²) >= 11 is 0. The summed E-state index contributed by atoms with van der Waals surface area (Å²) in [6, 6.07) is 40.9. The van der Waals surface area contributed by atoms with E-state index in [0.29, 0.717) is 17.6 Å². The molecular weight excluding hydrogens is 468 g/mol. The summed E-state index contributed by atoms with van der Waals surface area (Å²) in [6.07, 6.45) is 0. The number of rotatable bonds is 3. The van der Waals surface area contributed by atoms with Gasteiger partial charge in [-0.1, -0.05) is 103 Å². The van der Waals surface area contributed by atoms with Crippen molar-refractivity contribution in [2.45, 2.75) is 0 Å². The average Bonchev–Trinajstić information content (AvgIpc) is 3.54.